The van der Waals surface area contributed by atoms with Crippen molar-refractivity contribution in [3.05, 3.63) is 23.8 Å². The van der Waals surface area contributed by atoms with Gasteiger partial charge in [0.2, 0.25) is 0 Å². The molecule has 0 heterocycles. The predicted molar refractivity (Wildman–Crippen MR) is 118 cm³/mol. The summed E-state index contributed by atoms with van der Waals surface area (Å²) in [6, 6.07) is 0. The molecule has 0 aromatic heterocycles. The van der Waals surface area contributed by atoms with Gasteiger partial charge in [0.15, 0.2) is 5.78 Å². The Kier molecular flexibility index (Phi) is 5.33. The third-order valence-electron chi connectivity index (χ3n) is 9.26. The van der Waals surface area contributed by atoms with Crippen LogP contribution in [0, 0.1) is 34.0 Å². The van der Waals surface area contributed by atoms with Crippen LogP contribution in [0.3, 0.4) is 0 Å². The minimum atomic E-state index is -0.908. The van der Waals surface area contributed by atoms with E-state index in [0.29, 0.717) is 19.3 Å². The standard InChI is InChI=1S/C26H38O5/c1-16(31-22(29)23(2,3)4)19-10-13-26(30)21-7-6-17-14-18(28)8-12-25(17,15-27)20(21)9-11-24(19,26)5/h6-7,14,16,19-21,27,30H,8-13,15H2,1-5H3/t16-,19+,20-,21-,24+,25+,26+/m0/s1. The highest BCUT2D eigenvalue weighted by atomic mass is 16.5. The van der Waals surface area contributed by atoms with Gasteiger partial charge in [0.05, 0.1) is 17.6 Å². The van der Waals surface area contributed by atoms with Crippen LogP contribution in [0.1, 0.15) is 73.1 Å². The zero-order valence-corrected chi connectivity index (χ0v) is 19.6. The van der Waals surface area contributed by atoms with Crippen molar-refractivity contribution in [2.45, 2.75) is 84.8 Å². The van der Waals surface area contributed by atoms with Crippen molar-refractivity contribution >= 4 is 11.8 Å². The molecule has 0 aromatic rings. The van der Waals surface area contributed by atoms with E-state index in [1.165, 1.54) is 0 Å². The number of ketones is 1. The van der Waals surface area contributed by atoms with Gasteiger partial charge in [0.25, 0.3) is 0 Å². The van der Waals surface area contributed by atoms with Gasteiger partial charge in [-0.15, -0.1) is 0 Å². The molecule has 7 atom stereocenters. The van der Waals surface area contributed by atoms with Crippen LogP contribution in [0.15, 0.2) is 23.8 Å². The molecule has 0 saturated heterocycles. The Morgan fingerprint density at radius 2 is 1.97 bits per heavy atom. The van der Waals surface area contributed by atoms with E-state index in [0.717, 1.165) is 24.8 Å². The molecule has 0 bridgehead atoms. The summed E-state index contributed by atoms with van der Waals surface area (Å²) in [7, 11) is 0. The van der Waals surface area contributed by atoms with E-state index in [4.69, 9.17) is 4.74 Å². The third-order valence-corrected chi connectivity index (χ3v) is 9.26. The molecule has 5 nitrogen and oxygen atoms in total. The summed E-state index contributed by atoms with van der Waals surface area (Å²) in [6.45, 7) is 9.73. The van der Waals surface area contributed by atoms with Crippen molar-refractivity contribution in [2.75, 3.05) is 6.61 Å². The molecule has 5 heteroatoms. The molecular weight excluding hydrogens is 392 g/mol. The van der Waals surface area contributed by atoms with Gasteiger partial charge in [0, 0.05) is 29.1 Å². The zero-order chi connectivity index (χ0) is 22.8. The number of ether oxygens (including phenoxy) is 1. The number of hydrogen-bond acceptors (Lipinski definition) is 5. The van der Waals surface area contributed by atoms with Crippen molar-refractivity contribution in [3.63, 3.8) is 0 Å². The summed E-state index contributed by atoms with van der Waals surface area (Å²) in [4.78, 5) is 24.5. The van der Waals surface area contributed by atoms with Crippen molar-refractivity contribution < 1.29 is 24.5 Å². The van der Waals surface area contributed by atoms with E-state index >= 15 is 0 Å². The fourth-order valence-corrected chi connectivity index (χ4v) is 7.30. The van der Waals surface area contributed by atoms with Crippen molar-refractivity contribution in [3.8, 4) is 0 Å². The topological polar surface area (TPSA) is 83.8 Å². The first-order chi connectivity index (χ1) is 14.4. The maximum atomic E-state index is 12.5. The van der Waals surface area contributed by atoms with Gasteiger partial charge < -0.3 is 14.9 Å². The molecule has 0 spiro atoms. The quantitative estimate of drug-likeness (QED) is 0.662. The lowest BCUT2D eigenvalue weighted by atomic mass is 9.46. The van der Waals surface area contributed by atoms with E-state index in [2.05, 4.69) is 13.0 Å². The van der Waals surface area contributed by atoms with E-state index < -0.39 is 16.4 Å². The highest BCUT2D eigenvalue weighted by Crippen LogP contribution is 2.67. The van der Waals surface area contributed by atoms with Crippen LogP contribution in [0.4, 0.5) is 0 Å². The molecule has 4 aliphatic rings. The minimum Gasteiger partial charge on any atom is -0.462 e. The molecule has 31 heavy (non-hydrogen) atoms. The van der Waals surface area contributed by atoms with Gasteiger partial charge in [-0.3, -0.25) is 9.59 Å². The monoisotopic (exact) mass is 430 g/mol. The summed E-state index contributed by atoms with van der Waals surface area (Å²) in [6.07, 6.45) is 9.81. The molecule has 2 saturated carbocycles. The van der Waals surface area contributed by atoms with Gasteiger partial charge in [-0.25, -0.2) is 0 Å². The van der Waals surface area contributed by atoms with Gasteiger partial charge in [-0.2, -0.15) is 0 Å². The Balaban J connectivity index is 1.65. The van der Waals surface area contributed by atoms with Crippen molar-refractivity contribution in [1.82, 2.24) is 0 Å². The number of aliphatic hydroxyl groups excluding tert-OH is 1. The molecule has 0 aliphatic heterocycles. The Labute approximate surface area is 185 Å². The molecule has 4 rings (SSSR count). The molecule has 0 radical (unpaired) electrons. The minimum absolute atomic E-state index is 0.00738. The summed E-state index contributed by atoms with van der Waals surface area (Å²) < 4.78 is 5.88. The second-order valence-electron chi connectivity index (χ2n) is 11.8. The third kappa shape index (κ3) is 3.18. The molecule has 0 amide bonds. The summed E-state index contributed by atoms with van der Waals surface area (Å²) >= 11 is 0. The van der Waals surface area contributed by atoms with Gasteiger partial charge in [-0.05, 0) is 77.4 Å². The Bertz CT molecular complexity index is 835. The average Bonchev–Trinajstić information content (AvgIpc) is 2.98. The molecule has 2 fully saturated rings. The van der Waals surface area contributed by atoms with E-state index in [-0.39, 0.29) is 47.6 Å². The second kappa shape index (κ2) is 7.28. The fraction of sp³-hybridized carbons (Fsp3) is 0.769. The van der Waals surface area contributed by atoms with Crippen LogP contribution in [0.2, 0.25) is 0 Å². The normalized spacial score (nSPS) is 42.9. The highest BCUT2D eigenvalue weighted by Gasteiger charge is 2.67. The summed E-state index contributed by atoms with van der Waals surface area (Å²) in [5, 5.41) is 22.7. The number of aliphatic hydroxyl groups is 2. The lowest BCUT2D eigenvalue weighted by Gasteiger charge is -2.60. The first kappa shape index (κ1) is 22.7. The molecule has 0 aromatic carbocycles. The number of carbonyl (C=O) groups is 2. The van der Waals surface area contributed by atoms with E-state index in [1.807, 2.05) is 33.8 Å². The summed E-state index contributed by atoms with van der Waals surface area (Å²) in [5.41, 5.74) is -1.33. The van der Waals surface area contributed by atoms with E-state index in [1.54, 1.807) is 6.08 Å². The van der Waals surface area contributed by atoms with Crippen LogP contribution >= 0.6 is 0 Å². The van der Waals surface area contributed by atoms with Crippen molar-refractivity contribution in [2.24, 2.45) is 34.0 Å². The Morgan fingerprint density at radius 1 is 1.26 bits per heavy atom. The van der Waals surface area contributed by atoms with Crippen LogP contribution in [0.5, 0.6) is 0 Å². The number of rotatable bonds is 3. The Morgan fingerprint density at radius 3 is 2.61 bits per heavy atom. The maximum Gasteiger partial charge on any atom is 0.311 e. The lowest BCUT2D eigenvalue weighted by molar-refractivity contribution is -0.186. The van der Waals surface area contributed by atoms with Gasteiger partial charge >= 0.3 is 5.97 Å². The van der Waals surface area contributed by atoms with Gasteiger partial charge in [-0.1, -0.05) is 19.1 Å². The number of fused-ring (bicyclic) bond motifs is 5. The first-order valence-corrected chi connectivity index (χ1v) is 11.9. The smallest absolute Gasteiger partial charge is 0.311 e. The highest BCUT2D eigenvalue weighted by molar-refractivity contribution is 5.92. The van der Waals surface area contributed by atoms with Crippen LogP contribution in [-0.2, 0) is 14.3 Å². The second-order valence-corrected chi connectivity index (χ2v) is 11.8. The van der Waals surface area contributed by atoms with Crippen LogP contribution in [0.25, 0.3) is 0 Å². The maximum absolute atomic E-state index is 12.5. The van der Waals surface area contributed by atoms with Gasteiger partial charge in [0.1, 0.15) is 6.10 Å². The molecular formula is C26H38O5. The zero-order valence-electron chi connectivity index (χ0n) is 19.6. The van der Waals surface area contributed by atoms with Crippen LogP contribution in [-0.4, -0.2) is 40.3 Å². The Hall–Kier alpha value is -1.46. The van der Waals surface area contributed by atoms with Crippen molar-refractivity contribution in [1.29, 1.82) is 0 Å². The first-order valence-electron chi connectivity index (χ1n) is 11.9. The fourth-order valence-electron chi connectivity index (χ4n) is 7.30. The molecule has 172 valence electrons. The number of carbonyl (C=O) groups excluding carboxylic acids is 2. The van der Waals surface area contributed by atoms with Crippen LogP contribution < -0.4 is 0 Å². The molecule has 0 unspecified atom stereocenters. The van der Waals surface area contributed by atoms with E-state index in [9.17, 15) is 19.8 Å². The molecule has 4 aliphatic carbocycles. The largest absolute Gasteiger partial charge is 0.462 e. The number of hydrogen-bond donors (Lipinski definition) is 2. The SMILES string of the molecule is C[C@H](OC(=O)C(C)(C)C)[C@H]1CC[C@@]2(O)[C@H]3C=CC4=CC(=O)CC[C@]4(CO)[C@H]3CC[C@]12C. The lowest BCUT2D eigenvalue weighted by Crippen LogP contribution is -2.61. The summed E-state index contributed by atoms with van der Waals surface area (Å²) in [5.74, 6) is 0.0570. The average molecular weight is 431 g/mol. The molecule has 2 N–H and O–H groups in total. The predicted octanol–water partition coefficient (Wildman–Crippen LogP) is 3.98. The number of allylic oxidation sites excluding steroid dienone is 2. The number of esters is 1.